The number of hydrogen-bond donors (Lipinski definition) is 1. The van der Waals surface area contributed by atoms with E-state index in [1.165, 1.54) is 5.56 Å². The van der Waals surface area contributed by atoms with Gasteiger partial charge in [-0.3, -0.25) is 4.79 Å². The summed E-state index contributed by atoms with van der Waals surface area (Å²) in [6, 6.07) is 7.62. The summed E-state index contributed by atoms with van der Waals surface area (Å²) < 4.78 is 23.8. The molecule has 1 amide bonds. The molecule has 5 nitrogen and oxygen atoms in total. The van der Waals surface area contributed by atoms with Crippen LogP contribution in [0.1, 0.15) is 26.3 Å². The first-order valence-corrected chi connectivity index (χ1v) is 9.35. The molecule has 2 fully saturated rings. The SMILES string of the molecule is CC(C)(C)c1ccc(N2CC(=O)N[C@@H]3CS(=O)(=O)C[C@@H]32)cc1. The summed E-state index contributed by atoms with van der Waals surface area (Å²) in [5.74, 6) is 0.0390. The van der Waals surface area contributed by atoms with Gasteiger partial charge in [0.05, 0.1) is 30.1 Å². The van der Waals surface area contributed by atoms with E-state index >= 15 is 0 Å². The Bertz CT molecular complexity index is 689. The van der Waals surface area contributed by atoms with Crippen molar-refractivity contribution in [3.63, 3.8) is 0 Å². The van der Waals surface area contributed by atoms with Crippen molar-refractivity contribution in [3.8, 4) is 0 Å². The molecule has 2 saturated heterocycles. The van der Waals surface area contributed by atoms with Crippen molar-refractivity contribution in [1.82, 2.24) is 5.32 Å². The van der Waals surface area contributed by atoms with E-state index < -0.39 is 9.84 Å². The van der Waals surface area contributed by atoms with E-state index in [1.807, 2.05) is 17.0 Å². The fourth-order valence-electron chi connectivity index (χ4n) is 3.23. The fourth-order valence-corrected chi connectivity index (χ4v) is 5.16. The third kappa shape index (κ3) is 2.84. The lowest BCUT2D eigenvalue weighted by Crippen LogP contribution is -2.60. The zero-order chi connectivity index (χ0) is 16.1. The number of nitrogens with one attached hydrogen (secondary N) is 1. The maximum atomic E-state index is 11.9. The van der Waals surface area contributed by atoms with Crippen molar-refractivity contribution >= 4 is 21.4 Å². The number of sulfone groups is 1. The minimum absolute atomic E-state index is 0.0416. The second kappa shape index (κ2) is 4.98. The van der Waals surface area contributed by atoms with Crippen molar-refractivity contribution in [3.05, 3.63) is 29.8 Å². The van der Waals surface area contributed by atoms with E-state index in [2.05, 4.69) is 38.2 Å². The first-order valence-electron chi connectivity index (χ1n) is 7.53. The highest BCUT2D eigenvalue weighted by atomic mass is 32.2. The standard InChI is InChI=1S/C16H22N2O3S/c1-16(2,3)11-4-6-12(7-5-11)18-8-15(19)17-13-9-22(20,21)10-14(13)18/h4-7,13-14H,8-10H2,1-3H3,(H,17,19)/t13-,14+/m1/s1. The number of hydrogen-bond acceptors (Lipinski definition) is 4. The van der Waals surface area contributed by atoms with Gasteiger partial charge in [-0.25, -0.2) is 8.42 Å². The van der Waals surface area contributed by atoms with Crippen LogP contribution in [0.2, 0.25) is 0 Å². The number of piperazine rings is 1. The van der Waals surface area contributed by atoms with Crippen LogP contribution < -0.4 is 10.2 Å². The van der Waals surface area contributed by atoms with Gasteiger partial charge in [0.15, 0.2) is 9.84 Å². The number of amides is 1. The van der Waals surface area contributed by atoms with Gasteiger partial charge in [-0.1, -0.05) is 32.9 Å². The van der Waals surface area contributed by atoms with Crippen LogP contribution >= 0.6 is 0 Å². The van der Waals surface area contributed by atoms with Crippen LogP contribution in [-0.2, 0) is 20.0 Å². The molecule has 1 N–H and O–H groups in total. The molecule has 0 radical (unpaired) electrons. The van der Waals surface area contributed by atoms with Gasteiger partial charge < -0.3 is 10.2 Å². The maximum Gasteiger partial charge on any atom is 0.239 e. The predicted octanol–water partition coefficient (Wildman–Crippen LogP) is 1.09. The molecule has 0 aromatic heterocycles. The van der Waals surface area contributed by atoms with Crippen molar-refractivity contribution in [2.45, 2.75) is 38.3 Å². The van der Waals surface area contributed by atoms with E-state index in [0.29, 0.717) is 0 Å². The lowest BCUT2D eigenvalue weighted by molar-refractivity contribution is -0.121. The molecular weight excluding hydrogens is 300 g/mol. The molecule has 22 heavy (non-hydrogen) atoms. The molecule has 2 atom stereocenters. The van der Waals surface area contributed by atoms with Gasteiger partial charge in [-0.2, -0.15) is 0 Å². The number of anilines is 1. The molecule has 0 aliphatic carbocycles. The fraction of sp³-hybridized carbons (Fsp3) is 0.562. The molecule has 0 unspecified atom stereocenters. The van der Waals surface area contributed by atoms with Crippen LogP contribution in [0, 0.1) is 0 Å². The van der Waals surface area contributed by atoms with Crippen LogP contribution in [0.3, 0.4) is 0 Å². The number of carbonyl (C=O) groups is 1. The molecule has 1 aromatic rings. The Morgan fingerprint density at radius 2 is 1.77 bits per heavy atom. The molecule has 0 saturated carbocycles. The van der Waals surface area contributed by atoms with Crippen LogP contribution in [0.25, 0.3) is 0 Å². The van der Waals surface area contributed by atoms with E-state index in [-0.39, 0.29) is 41.5 Å². The average molecular weight is 322 g/mol. The number of carbonyl (C=O) groups excluding carboxylic acids is 1. The number of nitrogens with zero attached hydrogens (tertiary/aromatic N) is 1. The van der Waals surface area contributed by atoms with Gasteiger partial charge >= 0.3 is 0 Å². The van der Waals surface area contributed by atoms with Crippen LogP contribution in [0.5, 0.6) is 0 Å². The minimum Gasteiger partial charge on any atom is -0.356 e. The van der Waals surface area contributed by atoms with Gasteiger partial charge in [0, 0.05) is 5.69 Å². The van der Waals surface area contributed by atoms with Crippen LogP contribution in [0.15, 0.2) is 24.3 Å². The second-order valence-electron chi connectivity index (χ2n) is 7.24. The Morgan fingerprint density at radius 3 is 2.36 bits per heavy atom. The number of benzene rings is 1. The van der Waals surface area contributed by atoms with Crippen LogP contribution in [0.4, 0.5) is 5.69 Å². The van der Waals surface area contributed by atoms with Gasteiger partial charge in [0.1, 0.15) is 0 Å². The van der Waals surface area contributed by atoms with Crippen molar-refractivity contribution in [2.24, 2.45) is 0 Å². The predicted molar refractivity (Wildman–Crippen MR) is 86.9 cm³/mol. The summed E-state index contributed by atoms with van der Waals surface area (Å²) in [4.78, 5) is 13.8. The van der Waals surface area contributed by atoms with Crippen molar-refractivity contribution < 1.29 is 13.2 Å². The lowest BCUT2D eigenvalue weighted by atomic mass is 9.87. The van der Waals surface area contributed by atoms with E-state index in [0.717, 1.165) is 5.69 Å². The summed E-state index contributed by atoms with van der Waals surface area (Å²) in [7, 11) is -3.08. The minimum atomic E-state index is -3.08. The normalized spacial score (nSPS) is 27.4. The molecule has 2 heterocycles. The zero-order valence-corrected chi connectivity index (χ0v) is 14.0. The largest absolute Gasteiger partial charge is 0.356 e. The summed E-state index contributed by atoms with van der Waals surface area (Å²) in [6.07, 6.45) is 0. The van der Waals surface area contributed by atoms with E-state index in [4.69, 9.17) is 0 Å². The Labute approximate surface area is 131 Å². The Hall–Kier alpha value is -1.56. The van der Waals surface area contributed by atoms with Gasteiger partial charge in [0.2, 0.25) is 5.91 Å². The maximum absolute atomic E-state index is 11.9. The Kier molecular flexibility index (Phi) is 3.47. The molecule has 2 aliphatic heterocycles. The van der Waals surface area contributed by atoms with Gasteiger partial charge in [0.25, 0.3) is 0 Å². The highest BCUT2D eigenvalue weighted by Gasteiger charge is 2.45. The molecule has 0 bridgehead atoms. The third-order valence-electron chi connectivity index (χ3n) is 4.45. The number of fused-ring (bicyclic) bond motifs is 1. The zero-order valence-electron chi connectivity index (χ0n) is 13.2. The van der Waals surface area contributed by atoms with Crippen molar-refractivity contribution in [2.75, 3.05) is 23.0 Å². The average Bonchev–Trinajstić information content (AvgIpc) is 2.71. The van der Waals surface area contributed by atoms with Gasteiger partial charge in [-0.15, -0.1) is 0 Å². The molecule has 1 aromatic carbocycles. The summed E-state index contributed by atoms with van der Waals surface area (Å²) in [5, 5.41) is 2.81. The van der Waals surface area contributed by atoms with Crippen molar-refractivity contribution in [1.29, 1.82) is 0 Å². The Balaban J connectivity index is 1.91. The molecule has 120 valence electrons. The molecule has 0 spiro atoms. The monoisotopic (exact) mass is 322 g/mol. The van der Waals surface area contributed by atoms with Gasteiger partial charge in [-0.05, 0) is 23.1 Å². The first-order chi connectivity index (χ1) is 10.2. The van der Waals surface area contributed by atoms with Crippen LogP contribution in [-0.4, -0.2) is 44.5 Å². The molecule has 6 heteroatoms. The third-order valence-corrected chi connectivity index (χ3v) is 6.16. The highest BCUT2D eigenvalue weighted by molar-refractivity contribution is 7.91. The molecular formula is C16H22N2O3S. The lowest BCUT2D eigenvalue weighted by Gasteiger charge is -2.38. The quantitative estimate of drug-likeness (QED) is 0.840. The summed E-state index contributed by atoms with van der Waals surface area (Å²) in [6.45, 7) is 6.66. The topological polar surface area (TPSA) is 66.5 Å². The summed E-state index contributed by atoms with van der Waals surface area (Å²) in [5.41, 5.74) is 2.19. The molecule has 2 aliphatic rings. The smallest absolute Gasteiger partial charge is 0.239 e. The van der Waals surface area contributed by atoms with E-state index in [1.54, 1.807) is 0 Å². The highest BCUT2D eigenvalue weighted by Crippen LogP contribution is 2.29. The van der Waals surface area contributed by atoms with E-state index in [9.17, 15) is 13.2 Å². The Morgan fingerprint density at radius 1 is 1.14 bits per heavy atom. The summed E-state index contributed by atoms with van der Waals surface area (Å²) >= 11 is 0. The molecule has 3 rings (SSSR count). The first kappa shape index (κ1) is 15.3. The number of rotatable bonds is 1. The second-order valence-corrected chi connectivity index (χ2v) is 9.40.